The third kappa shape index (κ3) is 3.86. The predicted octanol–water partition coefficient (Wildman–Crippen LogP) is 1.73. The van der Waals surface area contributed by atoms with E-state index in [1.165, 1.54) is 12.1 Å². The highest BCUT2D eigenvalue weighted by Gasteiger charge is 2.14. The van der Waals surface area contributed by atoms with Gasteiger partial charge in [-0.3, -0.25) is 9.78 Å². The minimum Gasteiger partial charge on any atom is -0.325 e. The van der Waals surface area contributed by atoms with Crippen LogP contribution in [0.5, 0.6) is 0 Å². The van der Waals surface area contributed by atoms with Gasteiger partial charge in [0.15, 0.2) is 0 Å². The lowest BCUT2D eigenvalue weighted by Crippen LogP contribution is -2.37. The molecule has 3 N–H and O–H groups in total. The minimum absolute atomic E-state index is 0.282. The normalized spacial score (nSPS) is 11.9. The zero-order chi connectivity index (χ0) is 13.7. The van der Waals surface area contributed by atoms with Gasteiger partial charge in [-0.25, -0.2) is 4.39 Å². The van der Waals surface area contributed by atoms with Crippen molar-refractivity contribution in [2.75, 3.05) is 5.32 Å². The number of nitrogens with one attached hydrogen (secondary N) is 1. The maximum absolute atomic E-state index is 12.8. The molecule has 1 atom stereocenters. The van der Waals surface area contributed by atoms with Crippen LogP contribution in [0, 0.1) is 5.82 Å². The van der Waals surface area contributed by atoms with Crippen molar-refractivity contribution in [3.05, 3.63) is 60.2 Å². The van der Waals surface area contributed by atoms with Gasteiger partial charge < -0.3 is 11.1 Å². The van der Waals surface area contributed by atoms with Crippen LogP contribution in [0.2, 0.25) is 0 Å². The number of pyridine rings is 1. The van der Waals surface area contributed by atoms with Crippen molar-refractivity contribution in [2.45, 2.75) is 12.5 Å². The van der Waals surface area contributed by atoms with E-state index < -0.39 is 6.04 Å². The zero-order valence-corrected chi connectivity index (χ0v) is 10.2. The molecule has 0 aliphatic heterocycles. The predicted molar refractivity (Wildman–Crippen MR) is 70.9 cm³/mol. The largest absolute Gasteiger partial charge is 0.325 e. The average molecular weight is 259 g/mol. The molecule has 2 rings (SSSR count). The molecule has 5 heteroatoms. The number of carbonyl (C=O) groups is 1. The van der Waals surface area contributed by atoms with Crippen molar-refractivity contribution in [2.24, 2.45) is 5.73 Å². The molecule has 4 nitrogen and oxygen atoms in total. The standard InChI is InChI=1S/C14H14FN3O/c15-11-3-1-10(2-4-11)9-13(16)14(19)18-12-5-7-17-8-6-12/h1-8,13H,9,16H2,(H,17,18,19)/t13-/m0/s1. The molecule has 0 spiro atoms. The van der Waals surface area contributed by atoms with Crippen LogP contribution < -0.4 is 11.1 Å². The smallest absolute Gasteiger partial charge is 0.241 e. The summed E-state index contributed by atoms with van der Waals surface area (Å²) in [6.45, 7) is 0. The first-order valence-corrected chi connectivity index (χ1v) is 5.86. The van der Waals surface area contributed by atoms with E-state index in [9.17, 15) is 9.18 Å². The summed E-state index contributed by atoms with van der Waals surface area (Å²) in [4.78, 5) is 15.7. The summed E-state index contributed by atoms with van der Waals surface area (Å²) in [6.07, 6.45) is 3.53. The van der Waals surface area contributed by atoms with Crippen LogP contribution in [0.15, 0.2) is 48.8 Å². The fourth-order valence-corrected chi connectivity index (χ4v) is 1.64. The van der Waals surface area contributed by atoms with Crippen LogP contribution in [0.1, 0.15) is 5.56 Å². The van der Waals surface area contributed by atoms with Gasteiger partial charge in [0.1, 0.15) is 5.82 Å². The number of benzene rings is 1. The highest BCUT2D eigenvalue weighted by Crippen LogP contribution is 2.08. The summed E-state index contributed by atoms with van der Waals surface area (Å²) < 4.78 is 12.8. The zero-order valence-electron chi connectivity index (χ0n) is 10.2. The summed E-state index contributed by atoms with van der Waals surface area (Å²) in [5.41, 5.74) is 7.28. The lowest BCUT2D eigenvalue weighted by atomic mass is 10.1. The first-order chi connectivity index (χ1) is 9.15. The number of amides is 1. The minimum atomic E-state index is -0.682. The molecule has 0 fully saturated rings. The maximum Gasteiger partial charge on any atom is 0.241 e. The number of rotatable bonds is 4. The topological polar surface area (TPSA) is 68.0 Å². The number of carbonyl (C=O) groups excluding carboxylic acids is 1. The first kappa shape index (κ1) is 13.2. The third-order valence-corrected chi connectivity index (χ3v) is 2.65. The van der Waals surface area contributed by atoms with Crippen molar-refractivity contribution in [3.8, 4) is 0 Å². The number of hydrogen-bond acceptors (Lipinski definition) is 3. The Labute approximate surface area is 110 Å². The molecule has 0 aliphatic rings. The fourth-order valence-electron chi connectivity index (χ4n) is 1.64. The molecule has 0 aliphatic carbocycles. The summed E-state index contributed by atoms with van der Waals surface area (Å²) in [5.74, 6) is -0.589. The van der Waals surface area contributed by atoms with Gasteiger partial charge in [0.05, 0.1) is 6.04 Å². The molecular weight excluding hydrogens is 245 g/mol. The summed E-state index contributed by atoms with van der Waals surface area (Å²) in [6, 6.07) is 8.62. The van der Waals surface area contributed by atoms with E-state index in [1.54, 1.807) is 36.7 Å². The second-order valence-electron chi connectivity index (χ2n) is 4.16. The Morgan fingerprint density at radius 2 is 1.84 bits per heavy atom. The quantitative estimate of drug-likeness (QED) is 0.878. The van der Waals surface area contributed by atoms with Gasteiger partial charge in [-0.15, -0.1) is 0 Å². The number of nitrogens with zero attached hydrogens (tertiary/aromatic N) is 1. The summed E-state index contributed by atoms with van der Waals surface area (Å²) >= 11 is 0. The van der Waals surface area contributed by atoms with Crippen LogP contribution in [0.3, 0.4) is 0 Å². The number of nitrogens with two attached hydrogens (primary N) is 1. The third-order valence-electron chi connectivity index (χ3n) is 2.65. The fraction of sp³-hybridized carbons (Fsp3) is 0.143. The van der Waals surface area contributed by atoms with E-state index in [0.29, 0.717) is 12.1 Å². The van der Waals surface area contributed by atoms with Crippen LogP contribution in [-0.2, 0) is 11.2 Å². The van der Waals surface area contributed by atoms with E-state index in [2.05, 4.69) is 10.3 Å². The lowest BCUT2D eigenvalue weighted by Gasteiger charge is -2.12. The van der Waals surface area contributed by atoms with E-state index in [0.717, 1.165) is 5.56 Å². The Morgan fingerprint density at radius 1 is 1.21 bits per heavy atom. The van der Waals surface area contributed by atoms with E-state index in [1.807, 2.05) is 0 Å². The Kier molecular flexibility index (Phi) is 4.20. The molecule has 0 unspecified atom stereocenters. The van der Waals surface area contributed by atoms with Crippen LogP contribution in [0.25, 0.3) is 0 Å². The second kappa shape index (κ2) is 6.06. The molecule has 0 radical (unpaired) electrons. The highest BCUT2D eigenvalue weighted by molar-refractivity contribution is 5.94. The van der Waals surface area contributed by atoms with Gasteiger partial charge >= 0.3 is 0 Å². The van der Waals surface area contributed by atoms with Gasteiger partial charge in [0, 0.05) is 18.1 Å². The van der Waals surface area contributed by atoms with Gasteiger partial charge in [0.2, 0.25) is 5.91 Å². The van der Waals surface area contributed by atoms with Gasteiger partial charge in [-0.2, -0.15) is 0 Å². The van der Waals surface area contributed by atoms with Gasteiger partial charge in [-0.1, -0.05) is 12.1 Å². The van der Waals surface area contributed by atoms with Gasteiger partial charge in [0.25, 0.3) is 0 Å². The molecule has 98 valence electrons. The lowest BCUT2D eigenvalue weighted by molar-refractivity contribution is -0.117. The van der Waals surface area contributed by atoms with Crippen molar-refractivity contribution in [1.82, 2.24) is 4.98 Å². The van der Waals surface area contributed by atoms with Crippen LogP contribution in [-0.4, -0.2) is 16.9 Å². The molecule has 1 heterocycles. The van der Waals surface area contributed by atoms with Crippen molar-refractivity contribution in [1.29, 1.82) is 0 Å². The highest BCUT2D eigenvalue weighted by atomic mass is 19.1. The Morgan fingerprint density at radius 3 is 2.47 bits per heavy atom. The van der Waals surface area contributed by atoms with Crippen molar-refractivity contribution < 1.29 is 9.18 Å². The molecule has 1 aromatic carbocycles. The van der Waals surface area contributed by atoms with E-state index in [-0.39, 0.29) is 11.7 Å². The molecule has 0 saturated heterocycles. The molecule has 1 amide bonds. The second-order valence-corrected chi connectivity index (χ2v) is 4.16. The SMILES string of the molecule is N[C@@H](Cc1ccc(F)cc1)C(=O)Nc1ccncc1. The molecule has 0 bridgehead atoms. The maximum atomic E-state index is 12.8. The van der Waals surface area contributed by atoms with Crippen LogP contribution >= 0.6 is 0 Å². The number of halogens is 1. The van der Waals surface area contributed by atoms with Gasteiger partial charge in [-0.05, 0) is 36.2 Å². The summed E-state index contributed by atoms with van der Waals surface area (Å²) in [7, 11) is 0. The number of aromatic nitrogens is 1. The van der Waals surface area contributed by atoms with E-state index in [4.69, 9.17) is 5.73 Å². The molecular formula is C14H14FN3O. The Hall–Kier alpha value is -2.27. The monoisotopic (exact) mass is 259 g/mol. The molecule has 19 heavy (non-hydrogen) atoms. The molecule has 0 saturated carbocycles. The van der Waals surface area contributed by atoms with Crippen molar-refractivity contribution >= 4 is 11.6 Å². The molecule has 1 aromatic heterocycles. The Bertz CT molecular complexity index is 542. The Balaban J connectivity index is 1.94. The van der Waals surface area contributed by atoms with Crippen molar-refractivity contribution in [3.63, 3.8) is 0 Å². The first-order valence-electron chi connectivity index (χ1n) is 5.86. The van der Waals surface area contributed by atoms with E-state index >= 15 is 0 Å². The number of anilines is 1. The summed E-state index contributed by atoms with van der Waals surface area (Å²) in [5, 5.41) is 2.70. The average Bonchev–Trinajstić information content (AvgIpc) is 2.42. The number of hydrogen-bond donors (Lipinski definition) is 2. The molecule has 2 aromatic rings. The van der Waals surface area contributed by atoms with Crippen LogP contribution in [0.4, 0.5) is 10.1 Å².